The number of rotatable bonds is 3. The van der Waals surface area contributed by atoms with Crippen LogP contribution in [-0.2, 0) is 0 Å². The molecule has 4 aromatic carbocycles. The molecule has 0 amide bonds. The van der Waals surface area contributed by atoms with Crippen molar-refractivity contribution in [3.63, 3.8) is 0 Å². The lowest BCUT2D eigenvalue weighted by Gasteiger charge is -2.12. The van der Waals surface area contributed by atoms with E-state index in [0.717, 1.165) is 10.8 Å². The second-order valence-corrected chi connectivity index (χ2v) is 5.93. The van der Waals surface area contributed by atoms with Crippen molar-refractivity contribution in [3.8, 4) is 23.0 Å². The van der Waals surface area contributed by atoms with Gasteiger partial charge in [0.15, 0.2) is 11.5 Å². The van der Waals surface area contributed by atoms with Crippen molar-refractivity contribution < 1.29 is 24.1 Å². The van der Waals surface area contributed by atoms with Crippen molar-refractivity contribution >= 4 is 27.7 Å². The molecule has 0 spiro atoms. The van der Waals surface area contributed by atoms with Crippen LogP contribution in [-0.4, -0.2) is 18.4 Å². The number of fused-ring (bicyclic) bond motifs is 2. The molecule has 0 aromatic heterocycles. The van der Waals surface area contributed by atoms with Crippen molar-refractivity contribution in [1.82, 2.24) is 0 Å². The lowest BCUT2D eigenvalue weighted by atomic mass is 10.1. The van der Waals surface area contributed by atoms with E-state index in [2.05, 4.69) is 0 Å². The molecule has 0 unspecified atom stereocenters. The zero-order valence-corrected chi connectivity index (χ0v) is 14.5. The van der Waals surface area contributed by atoms with E-state index in [1.54, 1.807) is 36.4 Å². The lowest BCUT2D eigenvalue weighted by molar-refractivity contribution is 0.152. The molecule has 4 rings (SSSR count). The van der Waals surface area contributed by atoms with Crippen LogP contribution < -0.4 is 14.2 Å². The average molecular weight is 360 g/mol. The molecule has 0 heterocycles. The van der Waals surface area contributed by atoms with Crippen LogP contribution in [0.4, 0.5) is 4.79 Å². The van der Waals surface area contributed by atoms with E-state index < -0.39 is 6.16 Å². The van der Waals surface area contributed by atoms with Gasteiger partial charge in [0, 0.05) is 16.8 Å². The third-order valence-electron chi connectivity index (χ3n) is 4.28. The second-order valence-electron chi connectivity index (χ2n) is 5.93. The Hall–Kier alpha value is -3.73. The highest BCUT2D eigenvalue weighted by Crippen LogP contribution is 2.40. The van der Waals surface area contributed by atoms with E-state index in [0.29, 0.717) is 16.5 Å². The quantitative estimate of drug-likeness (QED) is 0.397. The number of phenolic OH excluding ortho intramolecular Hbond substituents is 1. The third-order valence-corrected chi connectivity index (χ3v) is 4.28. The predicted octanol–water partition coefficient (Wildman–Crippen LogP) is 5.29. The van der Waals surface area contributed by atoms with Gasteiger partial charge in [-0.25, -0.2) is 4.79 Å². The van der Waals surface area contributed by atoms with E-state index in [1.165, 1.54) is 13.2 Å². The molecule has 0 bridgehead atoms. The van der Waals surface area contributed by atoms with Crippen LogP contribution in [0.2, 0.25) is 0 Å². The highest BCUT2D eigenvalue weighted by Gasteiger charge is 2.16. The van der Waals surface area contributed by atoms with Gasteiger partial charge in [-0.15, -0.1) is 0 Å². The molecule has 0 fully saturated rings. The highest BCUT2D eigenvalue weighted by molar-refractivity contribution is 5.96. The number of methoxy groups -OCH3 is 1. The monoisotopic (exact) mass is 360 g/mol. The molecule has 0 atom stereocenters. The number of hydrogen-bond acceptors (Lipinski definition) is 5. The average Bonchev–Trinajstić information content (AvgIpc) is 2.70. The molecule has 1 N–H and O–H groups in total. The van der Waals surface area contributed by atoms with Gasteiger partial charge in [0.05, 0.1) is 7.11 Å². The first-order valence-electron chi connectivity index (χ1n) is 8.33. The Balaban J connectivity index is 1.63. The summed E-state index contributed by atoms with van der Waals surface area (Å²) in [7, 11) is 1.43. The van der Waals surface area contributed by atoms with Crippen LogP contribution in [0, 0.1) is 0 Å². The fourth-order valence-corrected chi connectivity index (χ4v) is 2.98. The molecule has 0 aliphatic heterocycles. The Morgan fingerprint density at radius 1 is 0.778 bits per heavy atom. The van der Waals surface area contributed by atoms with Gasteiger partial charge >= 0.3 is 6.16 Å². The van der Waals surface area contributed by atoms with Crippen LogP contribution >= 0.6 is 0 Å². The summed E-state index contributed by atoms with van der Waals surface area (Å²) >= 11 is 0. The largest absolute Gasteiger partial charge is 0.519 e. The van der Waals surface area contributed by atoms with Crippen molar-refractivity contribution in [3.05, 3.63) is 72.8 Å². The zero-order chi connectivity index (χ0) is 18.8. The third kappa shape index (κ3) is 3.22. The van der Waals surface area contributed by atoms with E-state index in [4.69, 9.17) is 14.2 Å². The molecule has 134 valence electrons. The van der Waals surface area contributed by atoms with E-state index in [-0.39, 0.29) is 17.2 Å². The van der Waals surface area contributed by atoms with Gasteiger partial charge in [0.25, 0.3) is 0 Å². The molecule has 0 saturated heterocycles. The number of aromatic hydroxyl groups is 1. The van der Waals surface area contributed by atoms with Crippen molar-refractivity contribution in [2.24, 2.45) is 0 Å². The fourth-order valence-electron chi connectivity index (χ4n) is 2.98. The zero-order valence-electron chi connectivity index (χ0n) is 14.5. The lowest BCUT2D eigenvalue weighted by Crippen LogP contribution is -2.14. The molecule has 0 aliphatic rings. The van der Waals surface area contributed by atoms with Gasteiger partial charge in [-0.1, -0.05) is 54.6 Å². The van der Waals surface area contributed by atoms with Crippen LogP contribution in [0.25, 0.3) is 21.5 Å². The minimum absolute atomic E-state index is 0.0108. The fraction of sp³-hybridized carbons (Fsp3) is 0.0455. The van der Waals surface area contributed by atoms with Crippen LogP contribution in [0.1, 0.15) is 0 Å². The van der Waals surface area contributed by atoms with Crippen LogP contribution in [0.5, 0.6) is 23.0 Å². The first kappa shape index (κ1) is 16.7. The molecular weight excluding hydrogens is 344 g/mol. The second kappa shape index (κ2) is 6.88. The molecular formula is C22H16O5. The van der Waals surface area contributed by atoms with E-state index in [1.807, 2.05) is 30.3 Å². The Morgan fingerprint density at radius 3 is 2.26 bits per heavy atom. The molecule has 0 radical (unpaired) electrons. The maximum Gasteiger partial charge on any atom is 0.519 e. The maximum atomic E-state index is 12.3. The number of hydrogen-bond donors (Lipinski definition) is 1. The van der Waals surface area contributed by atoms with Gasteiger partial charge in [-0.05, 0) is 22.9 Å². The first-order chi connectivity index (χ1) is 13.2. The summed E-state index contributed by atoms with van der Waals surface area (Å²) in [5, 5.41) is 13.3. The molecule has 27 heavy (non-hydrogen) atoms. The Kier molecular flexibility index (Phi) is 4.26. The number of carbonyl (C=O) groups is 1. The summed E-state index contributed by atoms with van der Waals surface area (Å²) in [5.41, 5.74) is 0. The predicted molar refractivity (Wildman–Crippen MR) is 103 cm³/mol. The van der Waals surface area contributed by atoms with Gasteiger partial charge < -0.3 is 19.3 Å². The van der Waals surface area contributed by atoms with Crippen molar-refractivity contribution in [1.29, 1.82) is 0 Å². The molecule has 0 saturated carbocycles. The van der Waals surface area contributed by atoms with Crippen molar-refractivity contribution in [2.45, 2.75) is 0 Å². The minimum atomic E-state index is -0.872. The minimum Gasteiger partial charge on any atom is -0.504 e. The number of phenols is 1. The number of ether oxygens (including phenoxy) is 3. The van der Waals surface area contributed by atoms with Gasteiger partial charge in [-0.2, -0.15) is 0 Å². The smallest absolute Gasteiger partial charge is 0.504 e. The van der Waals surface area contributed by atoms with E-state index >= 15 is 0 Å². The number of benzene rings is 4. The summed E-state index contributed by atoms with van der Waals surface area (Å²) in [5.74, 6) is 0.824. The summed E-state index contributed by atoms with van der Waals surface area (Å²) in [6, 6.07) is 21.6. The van der Waals surface area contributed by atoms with Gasteiger partial charge in [0.2, 0.25) is 0 Å². The van der Waals surface area contributed by atoms with Crippen molar-refractivity contribution in [2.75, 3.05) is 7.11 Å². The normalized spacial score (nSPS) is 10.7. The van der Waals surface area contributed by atoms with E-state index in [9.17, 15) is 9.90 Å². The molecule has 4 aromatic rings. The molecule has 0 aliphatic carbocycles. The summed E-state index contributed by atoms with van der Waals surface area (Å²) in [4.78, 5) is 12.3. The van der Waals surface area contributed by atoms with Crippen LogP contribution in [0.3, 0.4) is 0 Å². The summed E-state index contributed by atoms with van der Waals surface area (Å²) < 4.78 is 15.9. The van der Waals surface area contributed by atoms with Crippen LogP contribution in [0.15, 0.2) is 72.8 Å². The standard InChI is InChI=1S/C22H16O5/c1-25-20-13-19(17-8-4-5-9-18(17)21(20)23)27-22(24)26-16-11-10-14-6-2-3-7-15(14)12-16/h2-13,23H,1H3. The Labute approximate surface area is 155 Å². The number of carbonyl (C=O) groups excluding carboxylic acids is 1. The van der Waals surface area contributed by atoms with Gasteiger partial charge in [0.1, 0.15) is 11.5 Å². The molecule has 5 nitrogen and oxygen atoms in total. The highest BCUT2D eigenvalue weighted by atomic mass is 16.7. The molecule has 5 heteroatoms. The van der Waals surface area contributed by atoms with Gasteiger partial charge in [-0.3, -0.25) is 0 Å². The maximum absolute atomic E-state index is 12.3. The topological polar surface area (TPSA) is 65.0 Å². The first-order valence-corrected chi connectivity index (χ1v) is 8.33. The Bertz CT molecular complexity index is 1150. The summed E-state index contributed by atoms with van der Waals surface area (Å²) in [6.07, 6.45) is -0.872. The SMILES string of the molecule is COc1cc(OC(=O)Oc2ccc3ccccc3c2)c2ccccc2c1O. The summed E-state index contributed by atoms with van der Waals surface area (Å²) in [6.45, 7) is 0. The Morgan fingerprint density at radius 2 is 1.48 bits per heavy atom.